The zero-order chi connectivity index (χ0) is 24.5. The first-order valence-corrected chi connectivity index (χ1v) is 11.5. The van der Waals surface area contributed by atoms with Crippen molar-refractivity contribution in [2.45, 2.75) is 19.3 Å². The van der Waals surface area contributed by atoms with Gasteiger partial charge in [0.05, 0.1) is 34.9 Å². The predicted molar refractivity (Wildman–Crippen MR) is 131 cm³/mol. The van der Waals surface area contributed by atoms with Crippen LogP contribution in [0.3, 0.4) is 0 Å². The Balaban J connectivity index is 1.43. The van der Waals surface area contributed by atoms with Gasteiger partial charge in [-0.3, -0.25) is 4.79 Å². The van der Waals surface area contributed by atoms with E-state index in [1.807, 2.05) is 35.2 Å². The second kappa shape index (κ2) is 12.4. The first kappa shape index (κ1) is 25.5. The molecule has 0 N–H and O–H groups in total. The van der Waals surface area contributed by atoms with Crippen molar-refractivity contribution in [3.63, 3.8) is 0 Å². The number of ether oxygens (including phenoxy) is 5. The number of benzene rings is 2. The minimum absolute atomic E-state index is 0.158. The van der Waals surface area contributed by atoms with E-state index < -0.39 is 0 Å². The van der Waals surface area contributed by atoms with Crippen LogP contribution in [-0.4, -0.2) is 84.0 Å². The fraction of sp³-hybridized carbons (Fsp3) is 0.500. The third-order valence-electron chi connectivity index (χ3n) is 6.12. The lowest BCUT2D eigenvalue weighted by atomic mass is 10.0. The maximum absolute atomic E-state index is 12.8. The van der Waals surface area contributed by atoms with Crippen LogP contribution < -0.4 is 23.7 Å². The zero-order valence-corrected chi connectivity index (χ0v) is 20.9. The molecule has 2 aromatic carbocycles. The summed E-state index contributed by atoms with van der Waals surface area (Å²) in [5.74, 6) is 3.60. The largest absolute Gasteiger partial charge is 0.493 e. The van der Waals surface area contributed by atoms with Gasteiger partial charge in [0.2, 0.25) is 5.91 Å². The van der Waals surface area contributed by atoms with Gasteiger partial charge in [0, 0.05) is 25.7 Å². The highest BCUT2D eigenvalue weighted by Crippen LogP contribution is 2.33. The summed E-state index contributed by atoms with van der Waals surface area (Å²) in [7, 11) is 8.53. The molecule has 34 heavy (non-hydrogen) atoms. The molecule has 2 aromatic rings. The van der Waals surface area contributed by atoms with E-state index in [-0.39, 0.29) is 5.91 Å². The molecule has 1 amide bonds. The number of amides is 1. The van der Waals surface area contributed by atoms with Gasteiger partial charge in [0.1, 0.15) is 12.4 Å². The standard InChI is InChI=1S/C26H36N2O6/c1-27(13-14-34-21-7-8-22(30-2)25(18-21)33-5)10-6-11-28-12-9-19-15-23(31-3)24(32-4)16-20(19)17-26(28)29/h7-8,15-16,18H,6,9-14,17H2,1-5H3. The molecule has 0 aromatic heterocycles. The summed E-state index contributed by atoms with van der Waals surface area (Å²) in [6, 6.07) is 9.46. The van der Waals surface area contributed by atoms with E-state index in [0.29, 0.717) is 42.6 Å². The van der Waals surface area contributed by atoms with Crippen molar-refractivity contribution in [3.05, 3.63) is 41.5 Å². The predicted octanol–water partition coefficient (Wildman–Crippen LogP) is 3.05. The van der Waals surface area contributed by atoms with Crippen LogP contribution in [0.25, 0.3) is 0 Å². The van der Waals surface area contributed by atoms with Crippen molar-refractivity contribution in [1.82, 2.24) is 9.80 Å². The highest BCUT2D eigenvalue weighted by molar-refractivity contribution is 5.80. The lowest BCUT2D eigenvalue weighted by Crippen LogP contribution is -2.35. The lowest BCUT2D eigenvalue weighted by Gasteiger charge is -2.23. The first-order chi connectivity index (χ1) is 16.5. The Morgan fingerprint density at radius 1 is 0.853 bits per heavy atom. The Hall–Kier alpha value is -3.13. The molecule has 0 unspecified atom stereocenters. The summed E-state index contributed by atoms with van der Waals surface area (Å²) in [4.78, 5) is 17.0. The SMILES string of the molecule is COc1ccc(OCCN(C)CCCN2CCc3cc(OC)c(OC)cc3CC2=O)cc1OC. The minimum Gasteiger partial charge on any atom is -0.493 e. The molecular weight excluding hydrogens is 436 g/mol. The van der Waals surface area contributed by atoms with Gasteiger partial charge in [-0.1, -0.05) is 0 Å². The smallest absolute Gasteiger partial charge is 0.227 e. The van der Waals surface area contributed by atoms with Gasteiger partial charge in [-0.15, -0.1) is 0 Å². The van der Waals surface area contributed by atoms with Gasteiger partial charge in [-0.25, -0.2) is 0 Å². The summed E-state index contributed by atoms with van der Waals surface area (Å²) in [5.41, 5.74) is 2.17. The average molecular weight is 473 g/mol. The molecule has 0 radical (unpaired) electrons. The van der Waals surface area contributed by atoms with Gasteiger partial charge in [0.25, 0.3) is 0 Å². The molecule has 1 heterocycles. The summed E-state index contributed by atoms with van der Waals surface area (Å²) < 4.78 is 27.3. The van der Waals surface area contributed by atoms with Gasteiger partial charge >= 0.3 is 0 Å². The van der Waals surface area contributed by atoms with Gasteiger partial charge in [-0.05, 0) is 61.8 Å². The molecule has 186 valence electrons. The molecule has 3 rings (SSSR count). The summed E-state index contributed by atoms with van der Waals surface area (Å²) >= 11 is 0. The second-order valence-electron chi connectivity index (χ2n) is 8.31. The Bertz CT molecular complexity index is 965. The number of methoxy groups -OCH3 is 4. The summed E-state index contributed by atoms with van der Waals surface area (Å²) in [6.07, 6.45) is 2.11. The molecule has 0 spiro atoms. The van der Waals surface area contributed by atoms with Crippen LogP contribution in [0.15, 0.2) is 30.3 Å². The van der Waals surface area contributed by atoms with Gasteiger partial charge < -0.3 is 33.5 Å². The van der Waals surface area contributed by atoms with E-state index in [1.165, 1.54) is 0 Å². The Kier molecular flexibility index (Phi) is 9.27. The highest BCUT2D eigenvalue weighted by Gasteiger charge is 2.22. The topological polar surface area (TPSA) is 69.7 Å². The molecule has 0 bridgehead atoms. The number of likely N-dealkylation sites (N-methyl/N-ethyl adjacent to an activating group) is 1. The number of carbonyl (C=O) groups excluding carboxylic acids is 1. The molecule has 0 atom stereocenters. The Morgan fingerprint density at radius 2 is 1.50 bits per heavy atom. The monoisotopic (exact) mass is 472 g/mol. The second-order valence-corrected chi connectivity index (χ2v) is 8.31. The van der Waals surface area contributed by atoms with Crippen LogP contribution in [0, 0.1) is 0 Å². The van der Waals surface area contributed by atoms with Crippen molar-refractivity contribution in [2.24, 2.45) is 0 Å². The van der Waals surface area contributed by atoms with Crippen molar-refractivity contribution >= 4 is 5.91 Å². The van der Waals surface area contributed by atoms with Crippen molar-refractivity contribution in [3.8, 4) is 28.7 Å². The molecule has 1 aliphatic heterocycles. The van der Waals surface area contributed by atoms with E-state index in [9.17, 15) is 4.79 Å². The third kappa shape index (κ3) is 6.47. The minimum atomic E-state index is 0.158. The van der Waals surface area contributed by atoms with Crippen LogP contribution in [0.5, 0.6) is 28.7 Å². The molecule has 0 saturated heterocycles. The zero-order valence-electron chi connectivity index (χ0n) is 20.9. The Labute approximate surface area is 202 Å². The number of fused-ring (bicyclic) bond motifs is 1. The van der Waals surface area contributed by atoms with Crippen LogP contribution in [0.4, 0.5) is 0 Å². The van der Waals surface area contributed by atoms with Crippen LogP contribution >= 0.6 is 0 Å². The fourth-order valence-electron chi connectivity index (χ4n) is 4.12. The van der Waals surface area contributed by atoms with E-state index in [1.54, 1.807) is 28.4 Å². The lowest BCUT2D eigenvalue weighted by molar-refractivity contribution is -0.130. The summed E-state index contributed by atoms with van der Waals surface area (Å²) in [6.45, 7) is 3.68. The molecular formula is C26H36N2O6. The number of nitrogens with zero attached hydrogens (tertiary/aromatic N) is 2. The van der Waals surface area contributed by atoms with E-state index in [4.69, 9.17) is 23.7 Å². The average Bonchev–Trinajstić information content (AvgIpc) is 3.00. The molecule has 0 aliphatic carbocycles. The van der Waals surface area contributed by atoms with Crippen LogP contribution in [-0.2, 0) is 17.6 Å². The van der Waals surface area contributed by atoms with Crippen LogP contribution in [0.1, 0.15) is 17.5 Å². The maximum atomic E-state index is 12.8. The normalized spacial score (nSPS) is 13.4. The van der Waals surface area contributed by atoms with E-state index in [2.05, 4.69) is 11.9 Å². The molecule has 8 nitrogen and oxygen atoms in total. The Morgan fingerprint density at radius 3 is 2.18 bits per heavy atom. The van der Waals surface area contributed by atoms with Crippen molar-refractivity contribution < 1.29 is 28.5 Å². The number of carbonyl (C=O) groups is 1. The molecule has 0 saturated carbocycles. The molecule has 0 fully saturated rings. The number of hydrogen-bond acceptors (Lipinski definition) is 7. The number of rotatable bonds is 12. The van der Waals surface area contributed by atoms with Crippen molar-refractivity contribution in [1.29, 1.82) is 0 Å². The van der Waals surface area contributed by atoms with Crippen molar-refractivity contribution in [2.75, 3.05) is 68.3 Å². The fourth-order valence-corrected chi connectivity index (χ4v) is 4.12. The van der Waals surface area contributed by atoms with Gasteiger partial charge in [-0.2, -0.15) is 0 Å². The molecule has 8 heteroatoms. The van der Waals surface area contributed by atoms with Crippen LogP contribution in [0.2, 0.25) is 0 Å². The van der Waals surface area contributed by atoms with Gasteiger partial charge in [0.15, 0.2) is 23.0 Å². The highest BCUT2D eigenvalue weighted by atomic mass is 16.5. The van der Waals surface area contributed by atoms with E-state index >= 15 is 0 Å². The third-order valence-corrected chi connectivity index (χ3v) is 6.12. The summed E-state index contributed by atoms with van der Waals surface area (Å²) in [5, 5.41) is 0. The molecule has 1 aliphatic rings. The maximum Gasteiger partial charge on any atom is 0.227 e. The quantitative estimate of drug-likeness (QED) is 0.470. The first-order valence-electron chi connectivity index (χ1n) is 11.5. The number of hydrogen-bond donors (Lipinski definition) is 0. The van der Waals surface area contributed by atoms with E-state index in [0.717, 1.165) is 49.4 Å².